The van der Waals surface area contributed by atoms with Gasteiger partial charge in [0.25, 0.3) is 0 Å². The Bertz CT molecular complexity index is 607. The van der Waals surface area contributed by atoms with Crippen LogP contribution in [0.15, 0.2) is 30.5 Å². The first-order chi connectivity index (χ1) is 8.88. The molecule has 0 atom stereocenters. The topological polar surface area (TPSA) is 68.0 Å². The van der Waals surface area contributed by atoms with Crippen molar-refractivity contribution in [1.29, 1.82) is 0 Å². The van der Waals surface area contributed by atoms with E-state index in [1.165, 1.54) is 18.2 Å². The Hall–Kier alpha value is -2.38. The number of carboxylic acids is 1. The van der Waals surface area contributed by atoms with E-state index in [0.29, 0.717) is 0 Å². The molecular formula is C11H8F3N3O2. The summed E-state index contributed by atoms with van der Waals surface area (Å²) >= 11 is 0. The molecular weight excluding hydrogens is 263 g/mol. The highest BCUT2D eigenvalue weighted by Gasteiger charge is 2.32. The largest absolute Gasteiger partial charge is 0.476 e. The van der Waals surface area contributed by atoms with E-state index in [0.717, 1.165) is 16.9 Å². The van der Waals surface area contributed by atoms with Gasteiger partial charge in [0, 0.05) is 0 Å². The molecule has 100 valence electrons. The Morgan fingerprint density at radius 3 is 2.58 bits per heavy atom. The highest BCUT2D eigenvalue weighted by atomic mass is 19.4. The first-order valence-corrected chi connectivity index (χ1v) is 5.16. The molecule has 0 aliphatic heterocycles. The van der Waals surface area contributed by atoms with Crippen molar-refractivity contribution in [2.45, 2.75) is 12.7 Å². The van der Waals surface area contributed by atoms with Gasteiger partial charge in [0.15, 0.2) is 5.69 Å². The molecule has 0 saturated carbocycles. The summed E-state index contributed by atoms with van der Waals surface area (Å²) in [5, 5.41) is 15.5. The molecule has 1 N–H and O–H groups in total. The zero-order valence-corrected chi connectivity index (χ0v) is 9.42. The lowest BCUT2D eigenvalue weighted by Crippen LogP contribution is -2.12. The van der Waals surface area contributed by atoms with Crippen LogP contribution in [-0.2, 0) is 12.7 Å². The summed E-state index contributed by atoms with van der Waals surface area (Å²) in [6.45, 7) is -0.198. The number of halogens is 3. The fourth-order valence-corrected chi connectivity index (χ4v) is 1.58. The summed E-state index contributed by atoms with van der Waals surface area (Å²) in [5.41, 5.74) is -1.09. The van der Waals surface area contributed by atoms with Gasteiger partial charge in [-0.15, -0.1) is 5.10 Å². The van der Waals surface area contributed by atoms with Gasteiger partial charge in [-0.05, 0) is 11.6 Å². The molecule has 0 bridgehead atoms. The zero-order chi connectivity index (χ0) is 14.0. The maximum atomic E-state index is 12.7. The number of aromatic nitrogens is 3. The van der Waals surface area contributed by atoms with Crippen LogP contribution in [0, 0.1) is 0 Å². The van der Waals surface area contributed by atoms with Gasteiger partial charge in [0.1, 0.15) is 0 Å². The summed E-state index contributed by atoms with van der Waals surface area (Å²) < 4.78 is 39.3. The van der Waals surface area contributed by atoms with Crippen molar-refractivity contribution in [3.05, 3.63) is 47.3 Å². The van der Waals surface area contributed by atoms with Crippen LogP contribution in [-0.4, -0.2) is 26.1 Å². The summed E-state index contributed by atoms with van der Waals surface area (Å²) in [5.74, 6) is -1.28. The Morgan fingerprint density at radius 1 is 1.32 bits per heavy atom. The third-order valence-corrected chi connectivity index (χ3v) is 2.41. The quantitative estimate of drug-likeness (QED) is 0.927. The number of nitrogens with zero attached hydrogens (tertiary/aromatic N) is 3. The average molecular weight is 271 g/mol. The lowest BCUT2D eigenvalue weighted by molar-refractivity contribution is -0.138. The number of hydrogen-bond acceptors (Lipinski definition) is 3. The van der Waals surface area contributed by atoms with Crippen LogP contribution in [0.1, 0.15) is 21.6 Å². The molecule has 2 aromatic rings. The third kappa shape index (κ3) is 2.90. The summed E-state index contributed by atoms with van der Waals surface area (Å²) in [6.07, 6.45) is -3.39. The van der Waals surface area contributed by atoms with Crippen LogP contribution in [0.2, 0.25) is 0 Å². The normalized spacial score (nSPS) is 11.5. The standard InChI is InChI=1S/C11H8F3N3O2/c12-11(13,14)8-4-2-1-3-7(8)5-17-6-9(10(18)19)15-16-17/h1-4,6H,5H2,(H,18,19). The predicted molar refractivity (Wildman–Crippen MR) is 57.5 cm³/mol. The number of rotatable bonds is 3. The van der Waals surface area contributed by atoms with Gasteiger partial charge < -0.3 is 5.11 Å². The molecule has 0 amide bonds. The van der Waals surface area contributed by atoms with E-state index >= 15 is 0 Å². The fraction of sp³-hybridized carbons (Fsp3) is 0.182. The lowest BCUT2D eigenvalue weighted by Gasteiger charge is -2.12. The van der Waals surface area contributed by atoms with Gasteiger partial charge >= 0.3 is 12.1 Å². The fourth-order valence-electron chi connectivity index (χ4n) is 1.58. The minimum atomic E-state index is -4.47. The van der Waals surface area contributed by atoms with Crippen molar-refractivity contribution in [2.24, 2.45) is 0 Å². The molecule has 8 heteroatoms. The van der Waals surface area contributed by atoms with E-state index in [9.17, 15) is 18.0 Å². The summed E-state index contributed by atoms with van der Waals surface area (Å²) in [7, 11) is 0. The second-order valence-corrected chi connectivity index (χ2v) is 3.76. The van der Waals surface area contributed by atoms with Crippen molar-refractivity contribution >= 4 is 5.97 Å². The number of alkyl halides is 3. The molecule has 19 heavy (non-hydrogen) atoms. The molecule has 1 aromatic carbocycles. The molecule has 0 spiro atoms. The molecule has 0 saturated heterocycles. The van der Waals surface area contributed by atoms with Gasteiger partial charge in [0.2, 0.25) is 0 Å². The van der Waals surface area contributed by atoms with Crippen molar-refractivity contribution in [3.8, 4) is 0 Å². The molecule has 5 nitrogen and oxygen atoms in total. The highest BCUT2D eigenvalue weighted by molar-refractivity contribution is 5.84. The van der Waals surface area contributed by atoms with Crippen LogP contribution in [0.25, 0.3) is 0 Å². The molecule has 0 unspecified atom stereocenters. The predicted octanol–water partition coefficient (Wildman–Crippen LogP) is 2.04. The van der Waals surface area contributed by atoms with Crippen molar-refractivity contribution in [3.63, 3.8) is 0 Å². The summed E-state index contributed by atoms with van der Waals surface area (Å²) in [4.78, 5) is 10.6. The SMILES string of the molecule is O=C(O)c1cn(Cc2ccccc2C(F)(F)F)nn1. The monoisotopic (exact) mass is 271 g/mol. The number of benzene rings is 1. The van der Waals surface area contributed by atoms with E-state index < -0.39 is 17.7 Å². The Balaban J connectivity index is 2.30. The molecule has 1 heterocycles. The van der Waals surface area contributed by atoms with E-state index in [-0.39, 0.29) is 17.8 Å². The van der Waals surface area contributed by atoms with Gasteiger partial charge in [-0.25, -0.2) is 9.48 Å². The van der Waals surface area contributed by atoms with E-state index in [4.69, 9.17) is 5.11 Å². The molecule has 0 aliphatic carbocycles. The van der Waals surface area contributed by atoms with E-state index in [2.05, 4.69) is 10.3 Å². The van der Waals surface area contributed by atoms with Gasteiger partial charge in [-0.3, -0.25) is 0 Å². The Morgan fingerprint density at radius 2 is 2.00 bits per heavy atom. The van der Waals surface area contributed by atoms with Crippen molar-refractivity contribution in [2.75, 3.05) is 0 Å². The second kappa shape index (κ2) is 4.71. The molecule has 0 radical (unpaired) electrons. The molecule has 2 rings (SSSR count). The van der Waals surface area contributed by atoms with Crippen molar-refractivity contribution in [1.82, 2.24) is 15.0 Å². The first-order valence-electron chi connectivity index (χ1n) is 5.16. The van der Waals surface area contributed by atoms with Crippen LogP contribution in [0.5, 0.6) is 0 Å². The van der Waals surface area contributed by atoms with E-state index in [1.54, 1.807) is 0 Å². The molecule has 1 aromatic heterocycles. The number of carbonyl (C=O) groups is 1. The van der Waals surface area contributed by atoms with Crippen LogP contribution in [0.4, 0.5) is 13.2 Å². The molecule has 0 aliphatic rings. The van der Waals surface area contributed by atoms with Gasteiger partial charge in [-0.1, -0.05) is 23.4 Å². The number of aromatic carboxylic acids is 1. The second-order valence-electron chi connectivity index (χ2n) is 3.76. The van der Waals surface area contributed by atoms with Crippen LogP contribution >= 0.6 is 0 Å². The van der Waals surface area contributed by atoms with Gasteiger partial charge in [-0.2, -0.15) is 13.2 Å². The third-order valence-electron chi connectivity index (χ3n) is 2.41. The molecule has 0 fully saturated rings. The lowest BCUT2D eigenvalue weighted by atomic mass is 10.1. The maximum absolute atomic E-state index is 12.7. The summed E-state index contributed by atoms with van der Waals surface area (Å²) in [6, 6.07) is 5.03. The van der Waals surface area contributed by atoms with Crippen LogP contribution < -0.4 is 0 Å². The average Bonchev–Trinajstić information content (AvgIpc) is 2.77. The smallest absolute Gasteiger partial charge is 0.416 e. The Labute approximate surface area is 105 Å². The first kappa shape index (κ1) is 13.1. The number of hydrogen-bond donors (Lipinski definition) is 1. The van der Waals surface area contributed by atoms with Crippen LogP contribution in [0.3, 0.4) is 0 Å². The van der Waals surface area contributed by atoms with E-state index in [1.807, 2.05) is 0 Å². The maximum Gasteiger partial charge on any atom is 0.416 e. The van der Waals surface area contributed by atoms with Crippen molar-refractivity contribution < 1.29 is 23.1 Å². The minimum Gasteiger partial charge on any atom is -0.476 e. The zero-order valence-electron chi connectivity index (χ0n) is 9.42. The Kier molecular flexibility index (Phi) is 3.24. The highest BCUT2D eigenvalue weighted by Crippen LogP contribution is 2.32. The minimum absolute atomic E-state index is 0.00293. The number of carboxylic acid groups (broad SMARTS) is 1. The van der Waals surface area contributed by atoms with Gasteiger partial charge in [0.05, 0.1) is 18.3 Å².